The number of para-hydroxylation sites is 1. The molecule has 0 radical (unpaired) electrons. The van der Waals surface area contributed by atoms with Gasteiger partial charge in [0.1, 0.15) is 17.3 Å². The van der Waals surface area contributed by atoms with Gasteiger partial charge in [-0.2, -0.15) is 4.98 Å². The van der Waals surface area contributed by atoms with Crippen molar-refractivity contribution in [3.05, 3.63) is 60.2 Å². The summed E-state index contributed by atoms with van der Waals surface area (Å²) in [5.41, 5.74) is 0.147. The summed E-state index contributed by atoms with van der Waals surface area (Å²) >= 11 is 0. The van der Waals surface area contributed by atoms with Crippen LogP contribution in [0.4, 0.5) is 4.39 Å². The molecule has 21 heavy (non-hydrogen) atoms. The number of hydrogen-bond acceptors (Lipinski definition) is 5. The van der Waals surface area contributed by atoms with Crippen LogP contribution in [0.15, 0.2) is 53.1 Å². The molecule has 0 spiro atoms. The fraction of sp³-hybridized carbons (Fsp3) is 0.0667. The van der Waals surface area contributed by atoms with Crippen LogP contribution in [0, 0.1) is 5.82 Å². The Balaban J connectivity index is 1.76. The van der Waals surface area contributed by atoms with E-state index in [1.807, 2.05) is 18.2 Å². The van der Waals surface area contributed by atoms with Crippen molar-refractivity contribution < 1.29 is 18.8 Å². The van der Waals surface area contributed by atoms with Crippen LogP contribution in [0.1, 0.15) is 5.82 Å². The minimum Gasteiger partial charge on any atom is -0.507 e. The van der Waals surface area contributed by atoms with Gasteiger partial charge in [-0.05, 0) is 30.3 Å². The molecule has 0 fully saturated rings. The molecule has 106 valence electrons. The molecule has 5 nitrogen and oxygen atoms in total. The SMILES string of the molecule is Oc1ccc(F)cc1-c1nc(COc2ccccc2)no1. The van der Waals surface area contributed by atoms with Crippen LogP contribution in [0.25, 0.3) is 11.5 Å². The summed E-state index contributed by atoms with van der Waals surface area (Å²) in [5, 5.41) is 13.4. The monoisotopic (exact) mass is 286 g/mol. The first-order valence-corrected chi connectivity index (χ1v) is 6.22. The van der Waals surface area contributed by atoms with Gasteiger partial charge in [0.05, 0.1) is 5.56 Å². The summed E-state index contributed by atoms with van der Waals surface area (Å²) in [6.45, 7) is 0.115. The molecule has 0 bridgehead atoms. The first-order valence-electron chi connectivity index (χ1n) is 6.22. The lowest BCUT2D eigenvalue weighted by atomic mass is 10.2. The summed E-state index contributed by atoms with van der Waals surface area (Å²) in [4.78, 5) is 4.07. The number of benzene rings is 2. The van der Waals surface area contributed by atoms with E-state index in [2.05, 4.69) is 10.1 Å². The van der Waals surface area contributed by atoms with Crippen molar-refractivity contribution in [1.29, 1.82) is 0 Å². The molecule has 2 aromatic carbocycles. The summed E-state index contributed by atoms with van der Waals surface area (Å²) in [7, 11) is 0. The Kier molecular flexibility index (Phi) is 3.51. The van der Waals surface area contributed by atoms with Gasteiger partial charge in [0.2, 0.25) is 5.82 Å². The van der Waals surface area contributed by atoms with Crippen molar-refractivity contribution in [2.24, 2.45) is 0 Å². The number of rotatable bonds is 4. The number of nitrogens with zero attached hydrogens (tertiary/aromatic N) is 2. The molecule has 0 unspecified atom stereocenters. The van der Waals surface area contributed by atoms with Gasteiger partial charge in [-0.1, -0.05) is 23.4 Å². The van der Waals surface area contributed by atoms with Gasteiger partial charge in [0.25, 0.3) is 5.89 Å². The Morgan fingerprint density at radius 2 is 1.95 bits per heavy atom. The first-order chi connectivity index (χ1) is 10.2. The lowest BCUT2D eigenvalue weighted by molar-refractivity contribution is 0.287. The van der Waals surface area contributed by atoms with Gasteiger partial charge in [0, 0.05) is 0 Å². The zero-order valence-corrected chi connectivity index (χ0v) is 10.9. The standard InChI is InChI=1S/C15H11FN2O3/c16-10-6-7-13(19)12(8-10)15-17-14(18-21-15)9-20-11-4-2-1-3-5-11/h1-8,19H,9H2. The Bertz CT molecular complexity index is 744. The van der Waals surface area contributed by atoms with Gasteiger partial charge in [0.15, 0.2) is 6.61 Å². The average Bonchev–Trinajstić information content (AvgIpc) is 2.97. The van der Waals surface area contributed by atoms with Crippen molar-refractivity contribution in [3.8, 4) is 23.0 Å². The number of aromatic nitrogens is 2. The molecule has 1 heterocycles. The average molecular weight is 286 g/mol. The number of hydrogen-bond donors (Lipinski definition) is 1. The van der Waals surface area contributed by atoms with Crippen LogP contribution in [0.2, 0.25) is 0 Å². The van der Waals surface area contributed by atoms with E-state index in [1.54, 1.807) is 12.1 Å². The lowest BCUT2D eigenvalue weighted by Gasteiger charge is -2.01. The summed E-state index contributed by atoms with van der Waals surface area (Å²) in [6, 6.07) is 12.7. The molecule has 3 aromatic rings. The molecule has 1 N–H and O–H groups in total. The fourth-order valence-electron chi connectivity index (χ4n) is 1.77. The van der Waals surface area contributed by atoms with Crippen molar-refractivity contribution >= 4 is 0 Å². The topological polar surface area (TPSA) is 68.4 Å². The third kappa shape index (κ3) is 3.00. The quantitative estimate of drug-likeness (QED) is 0.797. The number of ether oxygens (including phenoxy) is 1. The van der Waals surface area contributed by atoms with Crippen molar-refractivity contribution in [2.45, 2.75) is 6.61 Å². The number of phenolic OH excluding ortho intramolecular Hbond substituents is 1. The Labute approximate surface area is 119 Å². The summed E-state index contributed by atoms with van der Waals surface area (Å²) in [6.07, 6.45) is 0. The number of phenols is 1. The fourth-order valence-corrected chi connectivity index (χ4v) is 1.77. The maximum Gasteiger partial charge on any atom is 0.261 e. The summed E-state index contributed by atoms with van der Waals surface area (Å²) in [5.74, 6) is 0.396. The molecule has 0 amide bonds. The largest absolute Gasteiger partial charge is 0.507 e. The van der Waals surface area contributed by atoms with E-state index in [1.165, 1.54) is 6.07 Å². The van der Waals surface area contributed by atoms with E-state index in [9.17, 15) is 9.50 Å². The van der Waals surface area contributed by atoms with Crippen LogP contribution in [0.5, 0.6) is 11.5 Å². The molecule has 1 aromatic heterocycles. The number of halogens is 1. The van der Waals surface area contributed by atoms with Crippen LogP contribution in [-0.2, 0) is 6.61 Å². The lowest BCUT2D eigenvalue weighted by Crippen LogP contribution is -1.97. The molecular weight excluding hydrogens is 275 g/mol. The minimum atomic E-state index is -0.497. The highest BCUT2D eigenvalue weighted by atomic mass is 19.1. The maximum atomic E-state index is 13.2. The van der Waals surface area contributed by atoms with E-state index >= 15 is 0 Å². The molecule has 0 atom stereocenters. The van der Waals surface area contributed by atoms with Gasteiger partial charge < -0.3 is 14.4 Å². The second kappa shape index (κ2) is 5.62. The van der Waals surface area contributed by atoms with Gasteiger partial charge >= 0.3 is 0 Å². The van der Waals surface area contributed by atoms with Crippen molar-refractivity contribution in [3.63, 3.8) is 0 Å². The molecule has 0 aliphatic rings. The number of aromatic hydroxyl groups is 1. The van der Waals surface area contributed by atoms with E-state index in [0.29, 0.717) is 11.6 Å². The first kappa shape index (κ1) is 13.1. The van der Waals surface area contributed by atoms with E-state index < -0.39 is 5.82 Å². The van der Waals surface area contributed by atoms with Gasteiger partial charge in [-0.3, -0.25) is 0 Å². The minimum absolute atomic E-state index is 0.0404. The molecule has 0 saturated carbocycles. The normalized spacial score (nSPS) is 10.5. The highest BCUT2D eigenvalue weighted by Crippen LogP contribution is 2.28. The predicted octanol–water partition coefficient (Wildman–Crippen LogP) is 3.16. The summed E-state index contributed by atoms with van der Waals surface area (Å²) < 4.78 is 23.7. The third-order valence-electron chi connectivity index (χ3n) is 2.77. The second-order valence-corrected chi connectivity index (χ2v) is 4.28. The van der Waals surface area contributed by atoms with Crippen LogP contribution >= 0.6 is 0 Å². The van der Waals surface area contributed by atoms with Gasteiger partial charge in [-0.15, -0.1) is 0 Å². The van der Waals surface area contributed by atoms with E-state index in [-0.39, 0.29) is 23.8 Å². The maximum absolute atomic E-state index is 13.2. The molecule has 0 saturated heterocycles. The molecule has 0 aliphatic carbocycles. The Hall–Kier alpha value is -2.89. The van der Waals surface area contributed by atoms with Crippen LogP contribution < -0.4 is 4.74 Å². The highest BCUT2D eigenvalue weighted by molar-refractivity contribution is 5.61. The second-order valence-electron chi connectivity index (χ2n) is 4.28. The van der Waals surface area contributed by atoms with E-state index in [4.69, 9.17) is 9.26 Å². The van der Waals surface area contributed by atoms with Crippen molar-refractivity contribution in [2.75, 3.05) is 0 Å². The zero-order chi connectivity index (χ0) is 14.7. The molecule has 6 heteroatoms. The molecule has 0 aliphatic heterocycles. The van der Waals surface area contributed by atoms with Gasteiger partial charge in [-0.25, -0.2) is 4.39 Å². The zero-order valence-electron chi connectivity index (χ0n) is 10.9. The Morgan fingerprint density at radius 1 is 1.14 bits per heavy atom. The van der Waals surface area contributed by atoms with E-state index in [0.717, 1.165) is 12.1 Å². The van der Waals surface area contributed by atoms with Crippen LogP contribution in [0.3, 0.4) is 0 Å². The predicted molar refractivity (Wildman–Crippen MR) is 72.1 cm³/mol. The van der Waals surface area contributed by atoms with Crippen molar-refractivity contribution in [1.82, 2.24) is 10.1 Å². The smallest absolute Gasteiger partial charge is 0.261 e. The highest BCUT2D eigenvalue weighted by Gasteiger charge is 2.14. The Morgan fingerprint density at radius 3 is 2.76 bits per heavy atom. The molecular formula is C15H11FN2O3. The third-order valence-corrected chi connectivity index (χ3v) is 2.77. The van der Waals surface area contributed by atoms with Crippen LogP contribution in [-0.4, -0.2) is 15.2 Å². The molecule has 3 rings (SSSR count).